The molecule has 0 radical (unpaired) electrons. The molecule has 1 aliphatic heterocycles. The van der Waals surface area contributed by atoms with Gasteiger partial charge in [0.05, 0.1) is 19.6 Å². The number of piperazine rings is 1. The number of nitrogens with zero attached hydrogens (tertiary/aromatic N) is 1. The molecule has 19 heavy (non-hydrogen) atoms. The van der Waals surface area contributed by atoms with Crippen LogP contribution in [0.2, 0.25) is 0 Å². The number of nitrogens with one attached hydrogen (secondary N) is 2. The van der Waals surface area contributed by atoms with E-state index in [0.717, 1.165) is 5.69 Å². The van der Waals surface area contributed by atoms with Crippen molar-refractivity contribution < 1.29 is 14.4 Å². The maximum atomic E-state index is 11.6. The highest BCUT2D eigenvalue weighted by Crippen LogP contribution is 2.16. The highest BCUT2D eigenvalue weighted by Gasteiger charge is 2.22. The summed E-state index contributed by atoms with van der Waals surface area (Å²) in [5.74, 6) is -0.625. The maximum absolute atomic E-state index is 11.6. The summed E-state index contributed by atoms with van der Waals surface area (Å²) in [6.45, 7) is 0.578. The van der Waals surface area contributed by atoms with Crippen molar-refractivity contribution in [3.05, 3.63) is 29.8 Å². The van der Waals surface area contributed by atoms with Crippen molar-refractivity contribution in [2.24, 2.45) is 0 Å². The van der Waals surface area contributed by atoms with Crippen molar-refractivity contribution in [3.63, 3.8) is 0 Å². The van der Waals surface area contributed by atoms with Gasteiger partial charge < -0.3 is 10.2 Å². The molecule has 1 aromatic rings. The fraction of sp³-hybridized carbons (Fsp3) is 0.308. The molecular formula is C13H15N3O3. The summed E-state index contributed by atoms with van der Waals surface area (Å²) in [4.78, 5) is 35.9. The molecule has 0 unspecified atom stereocenters. The second-order valence-corrected chi connectivity index (χ2v) is 4.33. The minimum Gasteiger partial charge on any atom is -0.353 e. The summed E-state index contributed by atoms with van der Waals surface area (Å²) in [6, 6.07) is 6.89. The van der Waals surface area contributed by atoms with Gasteiger partial charge >= 0.3 is 0 Å². The van der Waals surface area contributed by atoms with Gasteiger partial charge in [0.1, 0.15) is 0 Å². The van der Waals surface area contributed by atoms with Gasteiger partial charge in [-0.05, 0) is 31.3 Å². The van der Waals surface area contributed by atoms with Crippen LogP contribution < -0.4 is 15.5 Å². The highest BCUT2D eigenvalue weighted by atomic mass is 16.2. The van der Waals surface area contributed by atoms with E-state index < -0.39 is 0 Å². The first-order chi connectivity index (χ1) is 9.10. The molecule has 0 aromatic heterocycles. The molecule has 0 atom stereocenters. The third kappa shape index (κ3) is 3.17. The molecule has 0 bridgehead atoms. The zero-order valence-electron chi connectivity index (χ0n) is 10.6. The highest BCUT2D eigenvalue weighted by molar-refractivity contribution is 6.03. The molecular weight excluding hydrogens is 246 g/mol. The van der Waals surface area contributed by atoms with E-state index in [2.05, 4.69) is 10.6 Å². The largest absolute Gasteiger partial charge is 0.353 e. The third-order valence-electron chi connectivity index (χ3n) is 2.84. The van der Waals surface area contributed by atoms with Crippen LogP contribution in [0.5, 0.6) is 0 Å². The van der Waals surface area contributed by atoms with E-state index in [-0.39, 0.29) is 37.2 Å². The number of amides is 2. The molecule has 6 heteroatoms. The van der Waals surface area contributed by atoms with Crippen LogP contribution in [0.3, 0.4) is 0 Å². The Morgan fingerprint density at radius 1 is 1.21 bits per heavy atom. The molecule has 1 heterocycles. The first-order valence-corrected chi connectivity index (χ1v) is 5.95. The number of ketones is 1. The molecule has 1 aromatic carbocycles. The fourth-order valence-corrected chi connectivity index (χ4v) is 1.94. The fourth-order valence-electron chi connectivity index (χ4n) is 1.94. The third-order valence-corrected chi connectivity index (χ3v) is 2.84. The number of benzene rings is 1. The second-order valence-electron chi connectivity index (χ2n) is 4.33. The number of carbonyl (C=O) groups is 3. The van der Waals surface area contributed by atoms with Crippen LogP contribution in [0.25, 0.3) is 0 Å². The molecule has 2 rings (SSSR count). The lowest BCUT2D eigenvalue weighted by Crippen LogP contribution is -2.51. The first kappa shape index (κ1) is 13.2. The summed E-state index contributed by atoms with van der Waals surface area (Å²) >= 11 is 0. The minimum atomic E-state index is -0.313. The van der Waals surface area contributed by atoms with Gasteiger partial charge in [-0.2, -0.15) is 0 Å². The molecule has 1 aliphatic rings. The molecule has 2 N–H and O–H groups in total. The molecule has 0 saturated carbocycles. The maximum Gasteiger partial charge on any atom is 0.246 e. The Bertz CT molecular complexity index is 494. The van der Waals surface area contributed by atoms with Gasteiger partial charge in [-0.25, -0.2) is 0 Å². The smallest absolute Gasteiger partial charge is 0.246 e. The van der Waals surface area contributed by atoms with Crippen molar-refractivity contribution in [1.82, 2.24) is 10.6 Å². The van der Waals surface area contributed by atoms with Crippen molar-refractivity contribution in [2.45, 2.75) is 0 Å². The number of hydrogen-bond acceptors (Lipinski definition) is 5. The zero-order valence-corrected chi connectivity index (χ0v) is 10.6. The van der Waals surface area contributed by atoms with Crippen LogP contribution >= 0.6 is 0 Å². The minimum absolute atomic E-state index is 0.00140. The van der Waals surface area contributed by atoms with E-state index in [1.807, 2.05) is 0 Å². The van der Waals surface area contributed by atoms with Gasteiger partial charge in [0, 0.05) is 11.3 Å². The van der Waals surface area contributed by atoms with Crippen molar-refractivity contribution in [2.75, 3.05) is 31.6 Å². The molecule has 0 aliphatic carbocycles. The number of likely N-dealkylation sites (N-methyl/N-ethyl adjacent to an activating group) is 1. The Labute approximate surface area is 110 Å². The van der Waals surface area contributed by atoms with E-state index in [1.54, 1.807) is 36.2 Å². The van der Waals surface area contributed by atoms with E-state index in [9.17, 15) is 14.4 Å². The van der Waals surface area contributed by atoms with Crippen LogP contribution in [-0.4, -0.2) is 44.3 Å². The Hall–Kier alpha value is -2.21. The van der Waals surface area contributed by atoms with Crippen molar-refractivity contribution >= 4 is 23.3 Å². The Morgan fingerprint density at radius 2 is 1.79 bits per heavy atom. The standard InChI is InChI=1S/C13H15N3O3/c1-14-6-11(17)9-2-4-10(5-3-9)16-7-12(18)15-13(19)8-16/h2-5,14H,6-8H2,1H3,(H,15,18,19). The lowest BCUT2D eigenvalue weighted by molar-refractivity contribution is -0.130. The molecule has 1 saturated heterocycles. The molecule has 1 fully saturated rings. The molecule has 2 amide bonds. The van der Waals surface area contributed by atoms with E-state index in [4.69, 9.17) is 0 Å². The van der Waals surface area contributed by atoms with Gasteiger partial charge in [0.15, 0.2) is 5.78 Å². The Morgan fingerprint density at radius 3 is 2.32 bits per heavy atom. The van der Waals surface area contributed by atoms with Crippen molar-refractivity contribution in [1.29, 1.82) is 0 Å². The quantitative estimate of drug-likeness (QED) is 0.567. The number of rotatable bonds is 4. The summed E-state index contributed by atoms with van der Waals surface area (Å²) in [6.07, 6.45) is 0. The predicted molar refractivity (Wildman–Crippen MR) is 70.1 cm³/mol. The topological polar surface area (TPSA) is 78.5 Å². The van der Waals surface area contributed by atoms with Gasteiger partial charge in [0.25, 0.3) is 0 Å². The number of imide groups is 1. The van der Waals surface area contributed by atoms with E-state index >= 15 is 0 Å². The van der Waals surface area contributed by atoms with Crippen LogP contribution in [0, 0.1) is 0 Å². The lowest BCUT2D eigenvalue weighted by Gasteiger charge is -2.27. The molecule has 100 valence electrons. The van der Waals surface area contributed by atoms with Crippen LogP contribution in [-0.2, 0) is 9.59 Å². The number of Topliss-reactive ketones (excluding diaryl/α,β-unsaturated/α-hetero) is 1. The van der Waals surface area contributed by atoms with Gasteiger partial charge in [-0.15, -0.1) is 0 Å². The first-order valence-electron chi connectivity index (χ1n) is 5.95. The van der Waals surface area contributed by atoms with Crippen LogP contribution in [0.1, 0.15) is 10.4 Å². The Balaban J connectivity index is 2.11. The monoisotopic (exact) mass is 261 g/mol. The zero-order chi connectivity index (χ0) is 13.8. The average molecular weight is 261 g/mol. The Kier molecular flexibility index (Phi) is 3.91. The summed E-state index contributed by atoms with van der Waals surface area (Å²) < 4.78 is 0. The number of carbonyl (C=O) groups excluding carboxylic acids is 3. The molecule has 0 spiro atoms. The predicted octanol–water partition coefficient (Wildman–Crippen LogP) is -0.448. The normalized spacial score (nSPS) is 15.3. The summed E-state index contributed by atoms with van der Waals surface area (Å²) in [5, 5.41) is 5.04. The van der Waals surface area contributed by atoms with Crippen LogP contribution in [0.15, 0.2) is 24.3 Å². The number of hydrogen-bond donors (Lipinski definition) is 2. The van der Waals surface area contributed by atoms with E-state index in [0.29, 0.717) is 5.56 Å². The SMILES string of the molecule is CNCC(=O)c1ccc(N2CC(=O)NC(=O)C2)cc1. The summed E-state index contributed by atoms with van der Waals surface area (Å²) in [5.41, 5.74) is 1.36. The lowest BCUT2D eigenvalue weighted by atomic mass is 10.1. The summed E-state index contributed by atoms with van der Waals surface area (Å²) in [7, 11) is 1.71. The number of anilines is 1. The van der Waals surface area contributed by atoms with Crippen LogP contribution in [0.4, 0.5) is 5.69 Å². The molecule has 6 nitrogen and oxygen atoms in total. The van der Waals surface area contributed by atoms with Gasteiger partial charge in [0.2, 0.25) is 11.8 Å². The van der Waals surface area contributed by atoms with Crippen molar-refractivity contribution in [3.8, 4) is 0 Å². The van der Waals surface area contributed by atoms with E-state index in [1.165, 1.54) is 0 Å². The van der Waals surface area contributed by atoms with Gasteiger partial charge in [-0.1, -0.05) is 0 Å². The second kappa shape index (κ2) is 5.62. The van der Waals surface area contributed by atoms with Gasteiger partial charge in [-0.3, -0.25) is 19.7 Å². The average Bonchev–Trinajstić information content (AvgIpc) is 2.38.